The van der Waals surface area contributed by atoms with Gasteiger partial charge in [0.05, 0.1) is 11.8 Å². The Morgan fingerprint density at radius 1 is 0.943 bits per heavy atom. The minimum Gasteiger partial charge on any atom is -0.387 e. The summed E-state index contributed by atoms with van der Waals surface area (Å²) < 4.78 is 41.2. The van der Waals surface area contributed by atoms with E-state index in [-0.39, 0.29) is 17.8 Å². The number of aromatic nitrogens is 1. The molecule has 0 aliphatic heterocycles. The summed E-state index contributed by atoms with van der Waals surface area (Å²) in [4.78, 5) is 3.88. The quantitative estimate of drug-likeness (QED) is 0.364. The zero-order chi connectivity index (χ0) is 24.8. The number of hydrogen-bond donors (Lipinski definition) is 3. The van der Waals surface area contributed by atoms with Gasteiger partial charge >= 0.3 is 6.18 Å². The number of rotatable bonds is 10. The molecule has 2 aliphatic rings. The topological polar surface area (TPSA) is 57.2 Å². The van der Waals surface area contributed by atoms with Gasteiger partial charge in [-0.3, -0.25) is 0 Å². The highest BCUT2D eigenvalue weighted by Crippen LogP contribution is 2.43. The lowest BCUT2D eigenvalue weighted by molar-refractivity contribution is -0.142. The molecule has 1 heterocycles. The maximum absolute atomic E-state index is 13.7. The van der Waals surface area contributed by atoms with Crippen LogP contribution in [0.1, 0.15) is 67.9 Å². The number of alkyl halides is 3. The van der Waals surface area contributed by atoms with Gasteiger partial charge in [-0.2, -0.15) is 13.2 Å². The maximum atomic E-state index is 13.7. The normalized spacial score (nSPS) is 22.1. The summed E-state index contributed by atoms with van der Waals surface area (Å²) in [5.41, 5.74) is 0.660. The highest BCUT2D eigenvalue weighted by atomic mass is 19.4. The van der Waals surface area contributed by atoms with Crippen LogP contribution in [0.4, 0.5) is 13.2 Å². The van der Waals surface area contributed by atoms with Crippen molar-refractivity contribution in [2.24, 2.45) is 17.8 Å². The number of aryl methyl sites for hydroxylation is 1. The summed E-state index contributed by atoms with van der Waals surface area (Å²) >= 11 is 0. The average molecular weight is 490 g/mol. The lowest BCUT2D eigenvalue weighted by Gasteiger charge is -2.25. The number of nitrogens with one attached hydrogen (secondary N) is 2. The first-order valence-electron chi connectivity index (χ1n) is 13.1. The Bertz CT molecular complexity index is 941. The van der Waals surface area contributed by atoms with E-state index in [0.29, 0.717) is 12.1 Å². The molecule has 3 N–H and O–H groups in total. The van der Waals surface area contributed by atoms with Crippen molar-refractivity contribution in [2.45, 2.75) is 64.1 Å². The van der Waals surface area contributed by atoms with E-state index in [2.05, 4.69) is 15.6 Å². The molecule has 0 radical (unpaired) electrons. The lowest BCUT2D eigenvalue weighted by Crippen LogP contribution is -2.34. The molecule has 2 aromatic rings. The first kappa shape index (κ1) is 26.1. The van der Waals surface area contributed by atoms with E-state index in [0.717, 1.165) is 36.4 Å². The molecular formula is C28H38F3N3O. The van der Waals surface area contributed by atoms with Crippen LogP contribution in [0.15, 0.2) is 36.4 Å². The molecule has 1 aromatic carbocycles. The zero-order valence-corrected chi connectivity index (χ0v) is 20.6. The van der Waals surface area contributed by atoms with Crippen molar-refractivity contribution in [2.75, 3.05) is 26.2 Å². The van der Waals surface area contributed by atoms with Crippen molar-refractivity contribution in [1.82, 2.24) is 15.6 Å². The lowest BCUT2D eigenvalue weighted by atomic mass is 9.83. The van der Waals surface area contributed by atoms with Gasteiger partial charge in [-0.05, 0) is 50.1 Å². The molecule has 1 unspecified atom stereocenters. The van der Waals surface area contributed by atoms with Crippen molar-refractivity contribution in [3.05, 3.63) is 53.2 Å². The Labute approximate surface area is 206 Å². The zero-order valence-electron chi connectivity index (χ0n) is 20.6. The van der Waals surface area contributed by atoms with Crippen molar-refractivity contribution >= 4 is 0 Å². The third-order valence-corrected chi connectivity index (χ3v) is 7.85. The van der Waals surface area contributed by atoms with E-state index in [9.17, 15) is 18.3 Å². The van der Waals surface area contributed by atoms with E-state index in [1.54, 1.807) is 18.2 Å². The van der Waals surface area contributed by atoms with Crippen molar-refractivity contribution in [3.8, 4) is 11.3 Å². The van der Waals surface area contributed by atoms with Gasteiger partial charge in [-0.15, -0.1) is 0 Å². The smallest absolute Gasteiger partial charge is 0.387 e. The number of pyridine rings is 1. The van der Waals surface area contributed by atoms with Gasteiger partial charge in [0.1, 0.15) is 0 Å². The Morgan fingerprint density at radius 2 is 1.66 bits per heavy atom. The number of aliphatic hydroxyl groups excluding tert-OH is 1. The van der Waals surface area contributed by atoms with E-state index >= 15 is 0 Å². The second-order valence-electron chi connectivity index (χ2n) is 10.3. The van der Waals surface area contributed by atoms with Crippen LogP contribution in [0.25, 0.3) is 11.3 Å². The molecule has 3 atom stereocenters. The molecule has 35 heavy (non-hydrogen) atoms. The molecule has 0 bridgehead atoms. The third kappa shape index (κ3) is 6.83. The van der Waals surface area contributed by atoms with Crippen LogP contribution in [-0.2, 0) is 6.18 Å². The molecule has 2 fully saturated rings. The second-order valence-corrected chi connectivity index (χ2v) is 10.3. The van der Waals surface area contributed by atoms with Gasteiger partial charge in [0.25, 0.3) is 0 Å². The minimum atomic E-state index is -4.64. The molecule has 4 nitrogen and oxygen atoms in total. The number of benzene rings is 1. The summed E-state index contributed by atoms with van der Waals surface area (Å²) in [5, 5.41) is 17.1. The van der Waals surface area contributed by atoms with E-state index in [1.807, 2.05) is 19.1 Å². The molecule has 192 valence electrons. The van der Waals surface area contributed by atoms with Crippen LogP contribution < -0.4 is 10.6 Å². The van der Waals surface area contributed by atoms with Crippen LogP contribution in [-0.4, -0.2) is 36.3 Å². The fourth-order valence-corrected chi connectivity index (χ4v) is 5.99. The van der Waals surface area contributed by atoms with Crippen molar-refractivity contribution in [1.29, 1.82) is 0 Å². The Morgan fingerprint density at radius 3 is 2.37 bits per heavy atom. The van der Waals surface area contributed by atoms with Gasteiger partial charge in [0.2, 0.25) is 0 Å². The molecule has 0 saturated heterocycles. The predicted octanol–water partition coefficient (Wildman–Crippen LogP) is 5.89. The van der Waals surface area contributed by atoms with Gasteiger partial charge in [0, 0.05) is 30.8 Å². The number of halogens is 3. The number of nitrogens with zero attached hydrogens (tertiary/aromatic N) is 1. The summed E-state index contributed by atoms with van der Waals surface area (Å²) in [7, 11) is 0. The Hall–Kier alpha value is -1.96. The summed E-state index contributed by atoms with van der Waals surface area (Å²) in [5.74, 6) is 2.51. The standard InChI is InChI=1S/C28H38F3N3O/c1-19-9-11-21(12-10-19)25-14-13-24(27(34-25)28(29,30)31)26(35)18-33-16-15-32-17-22-7-4-8-23(22)20-5-2-3-6-20/h9-14,20,22-23,26,32-33,35H,2-8,15-18H2,1H3/t22-,23?,26-/m1/s1. The molecule has 0 spiro atoms. The SMILES string of the molecule is Cc1ccc(-c2ccc([C@H](O)CNCCNC[C@H]3CCCC3C3CCCC3)c(C(F)(F)F)n2)cc1. The first-order chi connectivity index (χ1) is 16.8. The highest BCUT2D eigenvalue weighted by Gasteiger charge is 2.37. The first-order valence-corrected chi connectivity index (χ1v) is 13.1. The summed E-state index contributed by atoms with van der Waals surface area (Å²) in [6.07, 6.45) is 3.61. The fourth-order valence-electron chi connectivity index (χ4n) is 5.99. The number of hydrogen-bond acceptors (Lipinski definition) is 4. The van der Waals surface area contributed by atoms with Crippen LogP contribution in [0.2, 0.25) is 0 Å². The second kappa shape index (κ2) is 11.8. The van der Waals surface area contributed by atoms with Crippen LogP contribution in [0, 0.1) is 24.7 Å². The molecule has 4 rings (SSSR count). The predicted molar refractivity (Wildman–Crippen MR) is 133 cm³/mol. The van der Waals surface area contributed by atoms with Crippen LogP contribution in [0.5, 0.6) is 0 Å². The monoisotopic (exact) mass is 489 g/mol. The maximum Gasteiger partial charge on any atom is 0.433 e. The van der Waals surface area contributed by atoms with Gasteiger partial charge < -0.3 is 15.7 Å². The molecular weight excluding hydrogens is 451 g/mol. The summed E-state index contributed by atoms with van der Waals surface area (Å²) in [6.45, 7) is 4.30. The summed E-state index contributed by atoms with van der Waals surface area (Å²) in [6, 6.07) is 10.1. The van der Waals surface area contributed by atoms with Gasteiger partial charge in [0.15, 0.2) is 5.69 Å². The van der Waals surface area contributed by atoms with E-state index in [4.69, 9.17) is 0 Å². The molecule has 2 saturated carbocycles. The molecule has 2 aliphatic carbocycles. The van der Waals surface area contributed by atoms with E-state index in [1.165, 1.54) is 51.0 Å². The van der Waals surface area contributed by atoms with Crippen molar-refractivity contribution in [3.63, 3.8) is 0 Å². The van der Waals surface area contributed by atoms with Gasteiger partial charge in [-0.25, -0.2) is 4.98 Å². The fraction of sp³-hybridized carbons (Fsp3) is 0.607. The Balaban J connectivity index is 1.26. The van der Waals surface area contributed by atoms with Crippen LogP contribution >= 0.6 is 0 Å². The number of aliphatic hydroxyl groups is 1. The molecule has 1 aromatic heterocycles. The average Bonchev–Trinajstić information content (AvgIpc) is 3.52. The molecule has 0 amide bonds. The van der Waals surface area contributed by atoms with Gasteiger partial charge in [-0.1, -0.05) is 68.0 Å². The Kier molecular flexibility index (Phi) is 8.84. The largest absolute Gasteiger partial charge is 0.433 e. The third-order valence-electron chi connectivity index (χ3n) is 7.85. The highest BCUT2D eigenvalue weighted by molar-refractivity contribution is 5.60. The van der Waals surface area contributed by atoms with Crippen molar-refractivity contribution < 1.29 is 18.3 Å². The molecule has 7 heteroatoms. The van der Waals surface area contributed by atoms with E-state index < -0.39 is 18.0 Å². The minimum absolute atomic E-state index is 0.0461. The van der Waals surface area contributed by atoms with Crippen LogP contribution in [0.3, 0.4) is 0 Å².